The Labute approximate surface area is 145 Å². The highest BCUT2D eigenvalue weighted by molar-refractivity contribution is 9.10. The molecule has 0 fully saturated rings. The van der Waals surface area contributed by atoms with Gasteiger partial charge in [-0.2, -0.15) is 0 Å². The van der Waals surface area contributed by atoms with Crippen molar-refractivity contribution in [3.63, 3.8) is 0 Å². The highest BCUT2D eigenvalue weighted by Crippen LogP contribution is 2.23. The molecule has 1 N–H and O–H groups in total. The average Bonchev–Trinajstić information content (AvgIpc) is 2.53. The van der Waals surface area contributed by atoms with Crippen LogP contribution in [-0.4, -0.2) is 15.5 Å². The third-order valence-corrected chi connectivity index (χ3v) is 4.76. The van der Waals surface area contributed by atoms with E-state index in [2.05, 4.69) is 20.7 Å². The lowest BCUT2D eigenvalue weighted by molar-refractivity contribution is 0.409. The number of nitrogens with one attached hydrogen (secondary N) is 1. The van der Waals surface area contributed by atoms with Crippen LogP contribution < -0.4 is 9.46 Å². The molecule has 0 aromatic heterocycles. The monoisotopic (exact) mass is 395 g/mol. The first-order valence-electron chi connectivity index (χ1n) is 6.96. The fourth-order valence-corrected chi connectivity index (χ4v) is 3.16. The van der Waals surface area contributed by atoms with E-state index in [0.29, 0.717) is 5.75 Å². The smallest absolute Gasteiger partial charge is 0.234 e. The molecule has 0 bridgehead atoms. The molecule has 0 spiro atoms. The number of halogens is 1. The highest BCUT2D eigenvalue weighted by atomic mass is 79.9. The molecule has 2 aromatic carbocycles. The molecule has 6 heteroatoms. The SMILES string of the molecule is COc1ccc(Br)cc1CNS(=O)(=O)/C=C/c1ccc(C)cc1. The van der Waals surface area contributed by atoms with Gasteiger partial charge in [0.25, 0.3) is 0 Å². The molecule has 0 heterocycles. The van der Waals surface area contributed by atoms with E-state index in [1.54, 1.807) is 19.3 Å². The fourth-order valence-electron chi connectivity index (χ4n) is 1.96. The Balaban J connectivity index is 2.07. The standard InChI is InChI=1S/C17H18BrNO3S/c1-13-3-5-14(6-4-13)9-10-23(20,21)19-12-15-11-16(18)7-8-17(15)22-2/h3-11,19H,12H2,1-2H3/b10-9+. The maximum atomic E-state index is 12.1. The molecule has 122 valence electrons. The van der Waals surface area contributed by atoms with E-state index in [-0.39, 0.29) is 6.54 Å². The van der Waals surface area contributed by atoms with E-state index in [1.807, 2.05) is 43.3 Å². The van der Waals surface area contributed by atoms with Gasteiger partial charge in [0.2, 0.25) is 10.0 Å². The summed E-state index contributed by atoms with van der Waals surface area (Å²) >= 11 is 3.37. The van der Waals surface area contributed by atoms with E-state index >= 15 is 0 Å². The van der Waals surface area contributed by atoms with Crippen LogP contribution in [0.4, 0.5) is 0 Å². The van der Waals surface area contributed by atoms with Gasteiger partial charge in [-0.05, 0) is 36.8 Å². The van der Waals surface area contributed by atoms with Gasteiger partial charge in [0.1, 0.15) is 5.75 Å². The predicted octanol–water partition coefficient (Wildman–Crippen LogP) is 3.86. The number of ether oxygens (including phenoxy) is 1. The predicted molar refractivity (Wildman–Crippen MR) is 96.7 cm³/mol. The topological polar surface area (TPSA) is 55.4 Å². The minimum Gasteiger partial charge on any atom is -0.496 e. The molecule has 0 aliphatic carbocycles. The Morgan fingerprint density at radius 3 is 2.52 bits per heavy atom. The Morgan fingerprint density at radius 1 is 1.17 bits per heavy atom. The van der Waals surface area contributed by atoms with Crippen LogP contribution in [0.15, 0.2) is 52.3 Å². The summed E-state index contributed by atoms with van der Waals surface area (Å²) in [6.45, 7) is 2.14. The van der Waals surface area contributed by atoms with Crippen molar-refractivity contribution in [2.75, 3.05) is 7.11 Å². The van der Waals surface area contributed by atoms with Crippen LogP contribution in [0, 0.1) is 6.92 Å². The van der Waals surface area contributed by atoms with Crippen molar-refractivity contribution in [3.8, 4) is 5.75 Å². The van der Waals surface area contributed by atoms with Crippen molar-refractivity contribution in [3.05, 3.63) is 69.0 Å². The summed E-state index contributed by atoms with van der Waals surface area (Å²) in [7, 11) is -1.97. The van der Waals surface area contributed by atoms with Crippen molar-refractivity contribution >= 4 is 32.0 Å². The Morgan fingerprint density at radius 2 is 1.87 bits per heavy atom. The summed E-state index contributed by atoms with van der Waals surface area (Å²) in [5.41, 5.74) is 2.72. The second-order valence-electron chi connectivity index (χ2n) is 5.04. The third-order valence-electron chi connectivity index (χ3n) is 3.22. The van der Waals surface area contributed by atoms with Crippen molar-refractivity contribution in [2.24, 2.45) is 0 Å². The number of sulfonamides is 1. The van der Waals surface area contributed by atoms with Gasteiger partial charge in [-0.3, -0.25) is 0 Å². The zero-order valence-corrected chi connectivity index (χ0v) is 15.3. The highest BCUT2D eigenvalue weighted by Gasteiger charge is 2.09. The summed E-state index contributed by atoms with van der Waals surface area (Å²) in [6, 6.07) is 13.1. The molecular weight excluding hydrogens is 378 g/mol. The second kappa shape index (κ2) is 7.77. The third kappa shape index (κ3) is 5.49. The van der Waals surface area contributed by atoms with E-state index < -0.39 is 10.0 Å². The van der Waals surface area contributed by atoms with E-state index in [4.69, 9.17) is 4.74 Å². The summed E-state index contributed by atoms with van der Waals surface area (Å²) in [5, 5.41) is 1.17. The van der Waals surface area contributed by atoms with Crippen molar-refractivity contribution in [1.29, 1.82) is 0 Å². The molecule has 0 aliphatic heterocycles. The molecule has 23 heavy (non-hydrogen) atoms. The number of benzene rings is 2. The lowest BCUT2D eigenvalue weighted by Gasteiger charge is -2.09. The van der Waals surface area contributed by atoms with Crippen LogP contribution in [0.2, 0.25) is 0 Å². The summed E-state index contributed by atoms with van der Waals surface area (Å²) in [4.78, 5) is 0. The first kappa shape index (κ1) is 17.7. The van der Waals surface area contributed by atoms with Gasteiger partial charge in [-0.25, -0.2) is 13.1 Å². The van der Waals surface area contributed by atoms with Crippen molar-refractivity contribution < 1.29 is 13.2 Å². The zero-order chi connectivity index (χ0) is 16.9. The molecule has 0 saturated carbocycles. The first-order chi connectivity index (χ1) is 10.9. The van der Waals surface area contributed by atoms with E-state index in [1.165, 1.54) is 5.41 Å². The second-order valence-corrected chi connectivity index (χ2v) is 7.60. The molecule has 0 unspecified atom stereocenters. The fraction of sp³-hybridized carbons (Fsp3) is 0.176. The lowest BCUT2D eigenvalue weighted by atomic mass is 10.2. The maximum absolute atomic E-state index is 12.1. The molecule has 2 rings (SSSR count). The Kier molecular flexibility index (Phi) is 5.98. The van der Waals surface area contributed by atoms with Gasteiger partial charge >= 0.3 is 0 Å². The summed E-state index contributed by atoms with van der Waals surface area (Å²) in [6.07, 6.45) is 1.57. The summed E-state index contributed by atoms with van der Waals surface area (Å²) < 4.78 is 32.8. The van der Waals surface area contributed by atoms with Gasteiger partial charge < -0.3 is 4.74 Å². The quantitative estimate of drug-likeness (QED) is 0.807. The molecule has 2 aromatic rings. The van der Waals surface area contributed by atoms with Gasteiger partial charge in [0, 0.05) is 22.0 Å². The largest absolute Gasteiger partial charge is 0.496 e. The molecule has 4 nitrogen and oxygen atoms in total. The zero-order valence-electron chi connectivity index (χ0n) is 12.9. The van der Waals surface area contributed by atoms with Gasteiger partial charge in [-0.1, -0.05) is 45.8 Å². The Hall–Kier alpha value is -1.63. The van der Waals surface area contributed by atoms with Crippen molar-refractivity contribution in [1.82, 2.24) is 4.72 Å². The Bertz CT molecular complexity index is 799. The number of aryl methyl sites for hydroxylation is 1. The minimum absolute atomic E-state index is 0.156. The molecule has 0 amide bonds. The maximum Gasteiger partial charge on any atom is 0.234 e. The van der Waals surface area contributed by atoms with E-state index in [9.17, 15) is 8.42 Å². The number of rotatable bonds is 6. The normalized spacial score (nSPS) is 11.8. The van der Waals surface area contributed by atoms with Gasteiger partial charge in [-0.15, -0.1) is 0 Å². The van der Waals surface area contributed by atoms with Crippen LogP contribution in [0.25, 0.3) is 6.08 Å². The average molecular weight is 396 g/mol. The molecule has 0 atom stereocenters. The summed E-state index contributed by atoms with van der Waals surface area (Å²) in [5.74, 6) is 0.637. The number of hydrogen-bond acceptors (Lipinski definition) is 3. The van der Waals surface area contributed by atoms with Crippen LogP contribution in [0.1, 0.15) is 16.7 Å². The molecule has 0 radical (unpaired) electrons. The van der Waals surface area contributed by atoms with Gasteiger partial charge in [0.15, 0.2) is 0 Å². The molecule has 0 aliphatic rings. The number of methoxy groups -OCH3 is 1. The van der Waals surface area contributed by atoms with Crippen LogP contribution in [-0.2, 0) is 16.6 Å². The van der Waals surface area contributed by atoms with E-state index in [0.717, 1.165) is 21.2 Å². The van der Waals surface area contributed by atoms with Crippen LogP contribution in [0.5, 0.6) is 5.75 Å². The molecule has 0 saturated heterocycles. The number of hydrogen-bond donors (Lipinski definition) is 1. The minimum atomic E-state index is -3.53. The molecular formula is C17H18BrNO3S. The first-order valence-corrected chi connectivity index (χ1v) is 9.30. The van der Waals surface area contributed by atoms with Gasteiger partial charge in [0.05, 0.1) is 7.11 Å². The van der Waals surface area contributed by atoms with Crippen LogP contribution >= 0.6 is 15.9 Å². The van der Waals surface area contributed by atoms with Crippen molar-refractivity contribution in [2.45, 2.75) is 13.5 Å². The van der Waals surface area contributed by atoms with Crippen LogP contribution in [0.3, 0.4) is 0 Å². The lowest BCUT2D eigenvalue weighted by Crippen LogP contribution is -2.20.